The lowest BCUT2D eigenvalue weighted by Crippen LogP contribution is -2.24. The molecule has 1 aromatic carbocycles. The number of primary sulfonamides is 1. The van der Waals surface area contributed by atoms with Crippen LogP contribution in [0.3, 0.4) is 0 Å². The highest BCUT2D eigenvalue weighted by molar-refractivity contribution is 7.89. The number of ether oxygens (including phenoxy) is 1. The molecule has 1 aliphatic rings. The maximum absolute atomic E-state index is 12.9. The lowest BCUT2D eigenvalue weighted by molar-refractivity contribution is -0.125. The fourth-order valence-corrected chi connectivity index (χ4v) is 4.04. The molecule has 1 amide bonds. The molecule has 1 heterocycles. The number of alkyl halides is 2. The molecule has 3 rings (SSSR count). The maximum Gasteiger partial charge on any atom is 0.345 e. The zero-order valence-corrected chi connectivity index (χ0v) is 20.1. The van der Waals surface area contributed by atoms with Gasteiger partial charge in [0.25, 0.3) is 5.91 Å². The number of aromatic nitrogens is 2. The number of rotatable bonds is 11. The Bertz CT molecular complexity index is 1160. The Labute approximate surface area is 207 Å². The average Bonchev–Trinajstić information content (AvgIpc) is 2.84. The topological polar surface area (TPSA) is 169 Å². The monoisotopic (exact) mass is 526 g/mol. The van der Waals surface area contributed by atoms with Gasteiger partial charge in [-0.1, -0.05) is 12.1 Å². The molecule has 11 nitrogen and oxygen atoms in total. The smallest absolute Gasteiger partial charge is 0.345 e. The predicted molar refractivity (Wildman–Crippen MR) is 128 cm³/mol. The van der Waals surface area contributed by atoms with E-state index in [2.05, 4.69) is 30.3 Å². The zero-order chi connectivity index (χ0) is 26.1. The summed E-state index contributed by atoms with van der Waals surface area (Å²) in [5.74, 6) is -0.207. The molecule has 1 aromatic heterocycles. The van der Waals surface area contributed by atoms with Crippen LogP contribution in [-0.2, 0) is 21.3 Å². The Morgan fingerprint density at radius 3 is 2.58 bits per heavy atom. The van der Waals surface area contributed by atoms with Crippen LogP contribution in [0.2, 0.25) is 0 Å². The van der Waals surface area contributed by atoms with Gasteiger partial charge in [-0.2, -0.15) is 13.8 Å². The van der Waals surface area contributed by atoms with Crippen LogP contribution in [0.5, 0.6) is 0 Å². The van der Waals surface area contributed by atoms with Gasteiger partial charge >= 0.3 is 6.61 Å². The number of aliphatic imine (C=N–C) groups is 1. The highest BCUT2D eigenvalue weighted by Gasteiger charge is 2.19. The quantitative estimate of drug-likeness (QED) is 0.254. The molecule has 2 aromatic rings. The Morgan fingerprint density at radius 1 is 1.25 bits per heavy atom. The lowest BCUT2D eigenvalue weighted by atomic mass is 9.88. The van der Waals surface area contributed by atoms with E-state index < -0.39 is 22.5 Å². The number of hydrogen-bond acceptors (Lipinski definition) is 9. The number of sulfonamides is 1. The Kier molecular flexibility index (Phi) is 9.75. The van der Waals surface area contributed by atoms with E-state index in [-0.39, 0.29) is 53.9 Å². The summed E-state index contributed by atoms with van der Waals surface area (Å²) in [5.41, 5.74) is 0.734. The number of aliphatic hydroxyl groups is 1. The molecule has 0 saturated heterocycles. The molecule has 0 spiro atoms. The van der Waals surface area contributed by atoms with Crippen molar-refractivity contribution in [2.75, 3.05) is 18.5 Å². The van der Waals surface area contributed by atoms with Crippen LogP contribution in [0.15, 0.2) is 40.4 Å². The molecule has 36 heavy (non-hydrogen) atoms. The van der Waals surface area contributed by atoms with Crippen molar-refractivity contribution < 1.29 is 31.8 Å². The highest BCUT2D eigenvalue weighted by atomic mass is 32.2. The van der Waals surface area contributed by atoms with Gasteiger partial charge in [0.15, 0.2) is 5.82 Å². The van der Waals surface area contributed by atoms with E-state index in [0.29, 0.717) is 18.4 Å². The van der Waals surface area contributed by atoms with Gasteiger partial charge in [0, 0.05) is 25.5 Å². The standard InChI is InChI=1S/C22H28F2N6O5S/c23-21(24)35-10-9-26-22-29-13-18(19(30-22)27-11-14-1-5-16(31)6-2-14)20(32)28-12-15-3-7-17(8-4-15)36(25,33)34/h3-4,7-8,11,13-14,16,21,31H,1-2,5-6,9-10,12H2,(H,28,32)(H2,25,33,34)(H,26,29,30)/b27-11-. The van der Waals surface area contributed by atoms with E-state index >= 15 is 0 Å². The Hall–Kier alpha value is -3.07. The van der Waals surface area contributed by atoms with Crippen molar-refractivity contribution in [1.82, 2.24) is 15.3 Å². The zero-order valence-electron chi connectivity index (χ0n) is 19.3. The third-order valence-electron chi connectivity index (χ3n) is 5.50. The third kappa shape index (κ3) is 8.55. The minimum Gasteiger partial charge on any atom is -0.393 e. The summed E-state index contributed by atoms with van der Waals surface area (Å²) in [6, 6.07) is 5.74. The van der Waals surface area contributed by atoms with Crippen molar-refractivity contribution in [2.24, 2.45) is 16.0 Å². The van der Waals surface area contributed by atoms with Crippen LogP contribution in [0.25, 0.3) is 0 Å². The Balaban J connectivity index is 1.71. The van der Waals surface area contributed by atoms with Gasteiger partial charge in [0.1, 0.15) is 5.56 Å². The van der Waals surface area contributed by atoms with Gasteiger partial charge < -0.3 is 20.5 Å². The number of carbonyl (C=O) groups is 1. The number of amides is 1. The lowest BCUT2D eigenvalue weighted by Gasteiger charge is -2.22. The summed E-state index contributed by atoms with van der Waals surface area (Å²) in [6.45, 7) is -3.04. The number of aliphatic hydroxyl groups excluding tert-OH is 1. The molecule has 1 aliphatic carbocycles. The SMILES string of the molecule is NS(=O)(=O)c1ccc(CNC(=O)c2cnc(NCCOC(F)F)nc2/N=C\C2CCC(O)CC2)cc1. The molecule has 0 aliphatic heterocycles. The first kappa shape index (κ1) is 27.5. The van der Waals surface area contributed by atoms with Crippen LogP contribution in [0.1, 0.15) is 41.6 Å². The number of carbonyl (C=O) groups excluding carboxylic acids is 1. The molecule has 0 radical (unpaired) electrons. The first-order chi connectivity index (χ1) is 17.1. The first-order valence-electron chi connectivity index (χ1n) is 11.2. The van der Waals surface area contributed by atoms with Crippen LogP contribution in [0.4, 0.5) is 20.5 Å². The number of benzene rings is 1. The van der Waals surface area contributed by atoms with Crippen molar-refractivity contribution in [3.05, 3.63) is 41.6 Å². The summed E-state index contributed by atoms with van der Waals surface area (Å²) in [6.07, 6.45) is 5.48. The number of anilines is 1. The largest absolute Gasteiger partial charge is 0.393 e. The summed E-state index contributed by atoms with van der Waals surface area (Å²) in [5, 5.41) is 20.2. The van der Waals surface area contributed by atoms with E-state index in [1.807, 2.05) is 0 Å². The number of hydrogen-bond donors (Lipinski definition) is 4. The van der Waals surface area contributed by atoms with E-state index in [1.54, 1.807) is 6.21 Å². The molecule has 5 N–H and O–H groups in total. The first-order valence-corrected chi connectivity index (χ1v) is 12.8. The van der Waals surface area contributed by atoms with E-state index in [9.17, 15) is 27.1 Å². The van der Waals surface area contributed by atoms with Crippen molar-refractivity contribution >= 4 is 33.9 Å². The molecular formula is C22H28F2N6O5S. The van der Waals surface area contributed by atoms with E-state index in [4.69, 9.17) is 5.14 Å². The molecule has 14 heteroatoms. The van der Waals surface area contributed by atoms with Gasteiger partial charge in [-0.3, -0.25) is 4.79 Å². The van der Waals surface area contributed by atoms with Gasteiger partial charge in [-0.05, 0) is 49.3 Å². The third-order valence-corrected chi connectivity index (χ3v) is 6.43. The van der Waals surface area contributed by atoms with E-state index in [1.165, 1.54) is 30.5 Å². The Morgan fingerprint density at radius 2 is 1.94 bits per heavy atom. The summed E-state index contributed by atoms with van der Waals surface area (Å²) < 4.78 is 51.2. The molecular weight excluding hydrogens is 498 g/mol. The van der Waals surface area contributed by atoms with Crippen molar-refractivity contribution in [1.29, 1.82) is 0 Å². The fraction of sp³-hybridized carbons (Fsp3) is 0.455. The second-order valence-corrected chi connectivity index (χ2v) is 9.77. The predicted octanol–water partition coefficient (Wildman–Crippen LogP) is 1.96. The molecule has 0 unspecified atom stereocenters. The van der Waals surface area contributed by atoms with Crippen LogP contribution >= 0.6 is 0 Å². The summed E-state index contributed by atoms with van der Waals surface area (Å²) in [4.78, 5) is 25.5. The normalized spacial score (nSPS) is 18.5. The van der Waals surface area contributed by atoms with Crippen molar-refractivity contribution in [3.8, 4) is 0 Å². The van der Waals surface area contributed by atoms with Gasteiger partial charge in [-0.25, -0.2) is 23.5 Å². The highest BCUT2D eigenvalue weighted by Crippen LogP contribution is 2.24. The fourth-order valence-electron chi connectivity index (χ4n) is 3.53. The minimum absolute atomic E-state index is 0.0219. The van der Waals surface area contributed by atoms with Gasteiger partial charge in [-0.15, -0.1) is 0 Å². The second-order valence-electron chi connectivity index (χ2n) is 8.21. The molecule has 1 fully saturated rings. The number of nitrogens with two attached hydrogens (primary N) is 1. The van der Waals surface area contributed by atoms with Crippen LogP contribution < -0.4 is 15.8 Å². The van der Waals surface area contributed by atoms with E-state index in [0.717, 1.165) is 12.8 Å². The number of halogens is 2. The van der Waals surface area contributed by atoms with Crippen LogP contribution in [0, 0.1) is 5.92 Å². The molecule has 0 atom stereocenters. The van der Waals surface area contributed by atoms with Gasteiger partial charge in [0.2, 0.25) is 16.0 Å². The second kappa shape index (κ2) is 12.8. The number of nitrogens with one attached hydrogen (secondary N) is 2. The minimum atomic E-state index is -3.82. The summed E-state index contributed by atoms with van der Waals surface area (Å²) in [7, 11) is -3.82. The average molecular weight is 527 g/mol. The molecule has 1 saturated carbocycles. The van der Waals surface area contributed by atoms with Crippen LogP contribution in [-0.4, -0.2) is 61.5 Å². The molecule has 0 bridgehead atoms. The van der Waals surface area contributed by atoms with Crippen molar-refractivity contribution in [3.63, 3.8) is 0 Å². The summed E-state index contributed by atoms with van der Waals surface area (Å²) >= 11 is 0. The van der Waals surface area contributed by atoms with Crippen molar-refractivity contribution in [2.45, 2.75) is 49.8 Å². The number of nitrogens with zero attached hydrogens (tertiary/aromatic N) is 3. The molecule has 196 valence electrons. The maximum atomic E-state index is 12.9. The van der Waals surface area contributed by atoms with Gasteiger partial charge in [0.05, 0.1) is 17.6 Å².